The van der Waals surface area contributed by atoms with Gasteiger partial charge in [-0.1, -0.05) is 71.4 Å². The van der Waals surface area contributed by atoms with E-state index in [1.165, 1.54) is 17.3 Å². The summed E-state index contributed by atoms with van der Waals surface area (Å²) in [6.45, 7) is 6.07. The molecule has 0 bridgehead atoms. The second-order valence-corrected chi connectivity index (χ2v) is 11.0. The lowest BCUT2D eigenvalue weighted by Crippen LogP contribution is -2.25. The number of amidine groups is 1. The van der Waals surface area contributed by atoms with E-state index < -0.39 is 5.25 Å². The number of carbonyl (C=O) groups is 2. The van der Waals surface area contributed by atoms with Crippen molar-refractivity contribution in [3.8, 4) is 0 Å². The molecule has 0 radical (unpaired) electrons. The molecule has 1 N–H and O–H groups in total. The highest BCUT2D eigenvalue weighted by molar-refractivity contribution is 8.15. The van der Waals surface area contributed by atoms with Crippen LogP contribution in [0.5, 0.6) is 0 Å². The van der Waals surface area contributed by atoms with Crippen molar-refractivity contribution in [2.24, 2.45) is 10.1 Å². The van der Waals surface area contributed by atoms with E-state index in [1.807, 2.05) is 68.2 Å². The average molecular weight is 531 g/mol. The highest BCUT2D eigenvalue weighted by Gasteiger charge is 2.39. The number of nitrogens with zero attached hydrogens (tertiary/aromatic N) is 3. The molecule has 0 saturated heterocycles. The molecule has 0 spiro atoms. The van der Waals surface area contributed by atoms with Crippen molar-refractivity contribution in [3.05, 3.63) is 99.6 Å². The van der Waals surface area contributed by atoms with E-state index in [4.69, 9.17) is 16.7 Å². The molecule has 2 amide bonds. The summed E-state index contributed by atoms with van der Waals surface area (Å²) in [5.74, 6) is -0.540. The van der Waals surface area contributed by atoms with Crippen LogP contribution in [0.2, 0.25) is 5.02 Å². The SMILES string of the molecule is Cc1ccc(C2=NN(C3=NC(=O)C(CC(=O)Nc4ccc(C)c(C)c4)S3)C(c3cccc(Cl)c3)C2)cc1. The maximum atomic E-state index is 12.8. The Balaban J connectivity index is 1.35. The van der Waals surface area contributed by atoms with Crippen molar-refractivity contribution < 1.29 is 9.59 Å². The number of aryl methyl sites for hydroxylation is 3. The third kappa shape index (κ3) is 5.63. The fraction of sp³-hybridized carbons (Fsp3) is 0.241. The molecule has 2 heterocycles. The molecule has 0 aromatic heterocycles. The van der Waals surface area contributed by atoms with Crippen LogP contribution in [0.1, 0.15) is 46.7 Å². The Bertz CT molecular complexity index is 1430. The number of nitrogens with one attached hydrogen (secondary N) is 1. The zero-order valence-corrected chi connectivity index (χ0v) is 22.4. The molecule has 6 nitrogen and oxygen atoms in total. The van der Waals surface area contributed by atoms with Crippen LogP contribution < -0.4 is 5.32 Å². The molecule has 2 aliphatic rings. The van der Waals surface area contributed by atoms with Gasteiger partial charge in [-0.3, -0.25) is 9.59 Å². The van der Waals surface area contributed by atoms with Crippen LogP contribution in [0.15, 0.2) is 76.8 Å². The van der Waals surface area contributed by atoms with Gasteiger partial charge in [-0.05, 0) is 67.3 Å². The largest absolute Gasteiger partial charge is 0.326 e. The van der Waals surface area contributed by atoms with Gasteiger partial charge in [-0.15, -0.1) is 0 Å². The van der Waals surface area contributed by atoms with Gasteiger partial charge in [-0.25, -0.2) is 5.01 Å². The fourth-order valence-electron chi connectivity index (χ4n) is 4.38. The number of rotatable bonds is 5. The minimum absolute atomic E-state index is 0.0353. The number of hydrogen-bond donors (Lipinski definition) is 1. The molecule has 2 aliphatic heterocycles. The Morgan fingerprint density at radius 3 is 2.57 bits per heavy atom. The second-order valence-electron chi connectivity index (χ2n) is 9.42. The van der Waals surface area contributed by atoms with Gasteiger partial charge in [0.1, 0.15) is 5.25 Å². The molecular weight excluding hydrogens is 504 g/mol. The van der Waals surface area contributed by atoms with E-state index in [0.717, 1.165) is 33.7 Å². The topological polar surface area (TPSA) is 74.1 Å². The van der Waals surface area contributed by atoms with Gasteiger partial charge in [0, 0.05) is 23.6 Å². The zero-order valence-electron chi connectivity index (χ0n) is 20.9. The van der Waals surface area contributed by atoms with E-state index in [0.29, 0.717) is 16.6 Å². The first-order valence-electron chi connectivity index (χ1n) is 12.1. The Hall–Kier alpha value is -3.42. The number of halogens is 1. The standard InChI is InChI=1S/C29H27ClN4O2S/c1-17-7-10-20(11-8-17)24-15-25(21-5-4-6-22(30)14-21)34(33-24)29-32-28(36)26(37-29)16-27(35)31-23-12-9-18(2)19(3)13-23/h4-14,25-26H,15-16H2,1-3H3,(H,31,35). The molecule has 2 atom stereocenters. The van der Waals surface area contributed by atoms with Crippen LogP contribution in [-0.2, 0) is 9.59 Å². The number of amides is 2. The molecule has 3 aromatic rings. The summed E-state index contributed by atoms with van der Waals surface area (Å²) in [5.41, 5.74) is 7.08. The summed E-state index contributed by atoms with van der Waals surface area (Å²) in [4.78, 5) is 29.9. The first-order valence-corrected chi connectivity index (χ1v) is 13.4. The summed E-state index contributed by atoms with van der Waals surface area (Å²) in [5, 5.41) is 10.2. The maximum absolute atomic E-state index is 12.8. The Kier molecular flexibility index (Phi) is 7.17. The van der Waals surface area contributed by atoms with Gasteiger partial charge < -0.3 is 5.32 Å². The lowest BCUT2D eigenvalue weighted by molar-refractivity contribution is -0.121. The molecule has 37 heavy (non-hydrogen) atoms. The third-order valence-electron chi connectivity index (χ3n) is 6.61. The molecule has 0 aliphatic carbocycles. The van der Waals surface area contributed by atoms with E-state index >= 15 is 0 Å². The van der Waals surface area contributed by atoms with Crippen molar-refractivity contribution in [2.45, 2.75) is 44.9 Å². The number of carbonyl (C=O) groups excluding carboxylic acids is 2. The molecule has 0 fully saturated rings. The summed E-state index contributed by atoms with van der Waals surface area (Å²) in [6.07, 6.45) is 0.683. The van der Waals surface area contributed by atoms with Gasteiger partial charge in [0.05, 0.1) is 11.8 Å². The number of thioether (sulfide) groups is 1. The van der Waals surface area contributed by atoms with Gasteiger partial charge in [0.2, 0.25) is 5.91 Å². The number of benzene rings is 3. The van der Waals surface area contributed by atoms with Crippen molar-refractivity contribution in [1.82, 2.24) is 5.01 Å². The minimum atomic E-state index is -0.597. The van der Waals surface area contributed by atoms with E-state index in [2.05, 4.69) is 34.6 Å². The fourth-order valence-corrected chi connectivity index (χ4v) is 5.64. The van der Waals surface area contributed by atoms with E-state index in [1.54, 1.807) is 0 Å². The van der Waals surface area contributed by atoms with Gasteiger partial charge in [0.25, 0.3) is 5.91 Å². The van der Waals surface area contributed by atoms with Gasteiger partial charge in [-0.2, -0.15) is 10.1 Å². The summed E-state index contributed by atoms with van der Waals surface area (Å²) in [7, 11) is 0. The second kappa shape index (κ2) is 10.5. The van der Waals surface area contributed by atoms with E-state index in [-0.39, 0.29) is 24.3 Å². The van der Waals surface area contributed by atoms with Gasteiger partial charge >= 0.3 is 0 Å². The van der Waals surface area contributed by atoms with Crippen LogP contribution in [0.4, 0.5) is 5.69 Å². The minimum Gasteiger partial charge on any atom is -0.326 e. The van der Waals surface area contributed by atoms with Crippen molar-refractivity contribution in [3.63, 3.8) is 0 Å². The molecule has 2 unspecified atom stereocenters. The number of anilines is 1. The first-order chi connectivity index (χ1) is 17.8. The van der Waals surface area contributed by atoms with Crippen LogP contribution in [0.3, 0.4) is 0 Å². The number of hydrazone groups is 1. The van der Waals surface area contributed by atoms with Crippen molar-refractivity contribution in [1.29, 1.82) is 0 Å². The van der Waals surface area contributed by atoms with Crippen LogP contribution in [0, 0.1) is 20.8 Å². The van der Waals surface area contributed by atoms with Crippen LogP contribution in [0.25, 0.3) is 0 Å². The normalized spacial score (nSPS) is 19.1. The Morgan fingerprint density at radius 2 is 1.84 bits per heavy atom. The lowest BCUT2D eigenvalue weighted by Gasteiger charge is -2.23. The molecule has 8 heteroatoms. The maximum Gasteiger partial charge on any atom is 0.262 e. The van der Waals surface area contributed by atoms with E-state index in [9.17, 15) is 9.59 Å². The predicted octanol–water partition coefficient (Wildman–Crippen LogP) is 6.44. The smallest absolute Gasteiger partial charge is 0.262 e. The molecule has 3 aromatic carbocycles. The predicted molar refractivity (Wildman–Crippen MR) is 151 cm³/mol. The van der Waals surface area contributed by atoms with Crippen molar-refractivity contribution in [2.75, 3.05) is 5.32 Å². The lowest BCUT2D eigenvalue weighted by atomic mass is 9.98. The average Bonchev–Trinajstić information content (AvgIpc) is 3.46. The monoisotopic (exact) mass is 530 g/mol. The quantitative estimate of drug-likeness (QED) is 0.411. The first kappa shape index (κ1) is 25.2. The summed E-state index contributed by atoms with van der Waals surface area (Å²) in [6, 6.07) is 21.5. The Morgan fingerprint density at radius 1 is 1.05 bits per heavy atom. The molecular formula is C29H27ClN4O2S. The zero-order chi connectivity index (χ0) is 26.1. The van der Waals surface area contributed by atoms with Crippen LogP contribution in [-0.4, -0.2) is 33.0 Å². The summed E-state index contributed by atoms with van der Waals surface area (Å²) >= 11 is 7.59. The number of aliphatic imine (C=N–C) groups is 1. The summed E-state index contributed by atoms with van der Waals surface area (Å²) < 4.78 is 0. The van der Waals surface area contributed by atoms with Gasteiger partial charge in [0.15, 0.2) is 5.17 Å². The Labute approximate surface area is 225 Å². The highest BCUT2D eigenvalue weighted by atomic mass is 35.5. The number of hydrogen-bond acceptors (Lipinski definition) is 5. The highest BCUT2D eigenvalue weighted by Crippen LogP contribution is 2.39. The molecule has 5 rings (SSSR count). The third-order valence-corrected chi connectivity index (χ3v) is 7.99. The molecule has 188 valence electrons. The molecule has 0 saturated carbocycles. The van der Waals surface area contributed by atoms with Crippen molar-refractivity contribution >= 4 is 51.7 Å². The van der Waals surface area contributed by atoms with Crippen LogP contribution >= 0.6 is 23.4 Å².